The van der Waals surface area contributed by atoms with Crippen molar-refractivity contribution < 1.29 is 0 Å². The number of pyridine rings is 1. The molecule has 0 amide bonds. The van der Waals surface area contributed by atoms with E-state index in [9.17, 15) is 10.5 Å². The molecule has 0 saturated heterocycles. The zero-order valence-corrected chi connectivity index (χ0v) is 22.9. The van der Waals surface area contributed by atoms with Crippen LogP contribution in [0.5, 0.6) is 0 Å². The Labute approximate surface area is 242 Å². The van der Waals surface area contributed by atoms with E-state index in [4.69, 9.17) is 5.73 Å². The van der Waals surface area contributed by atoms with Gasteiger partial charge in [-0.15, -0.1) is 11.3 Å². The zero-order chi connectivity index (χ0) is 28.2. The minimum atomic E-state index is 0.553. The maximum atomic E-state index is 9.29. The van der Waals surface area contributed by atoms with E-state index in [1.165, 1.54) is 26.4 Å². The molecule has 0 fully saturated rings. The Morgan fingerprint density at radius 1 is 0.756 bits per heavy atom. The average Bonchev–Trinajstić information content (AvgIpc) is 3.40. The molecule has 5 heteroatoms. The van der Waals surface area contributed by atoms with E-state index in [2.05, 4.69) is 89.9 Å². The Morgan fingerprint density at radius 3 is 2.10 bits per heavy atom. The third-order valence-corrected chi connectivity index (χ3v) is 8.22. The molecule has 4 nitrogen and oxygen atoms in total. The van der Waals surface area contributed by atoms with Crippen LogP contribution in [0.1, 0.15) is 11.1 Å². The van der Waals surface area contributed by atoms with Crippen molar-refractivity contribution in [3.8, 4) is 45.6 Å². The topological polar surface area (TPSA) is 86.5 Å². The average molecular weight is 545 g/mol. The van der Waals surface area contributed by atoms with Crippen LogP contribution in [0, 0.1) is 22.7 Å². The Balaban J connectivity index is 1.37. The number of nitriles is 2. The highest BCUT2D eigenvalue weighted by Gasteiger charge is 2.10. The van der Waals surface area contributed by atoms with Crippen LogP contribution in [0.3, 0.4) is 0 Å². The molecular weight excluding hydrogens is 520 g/mol. The quantitative estimate of drug-likeness (QED) is 0.168. The second-order valence-electron chi connectivity index (χ2n) is 9.68. The summed E-state index contributed by atoms with van der Waals surface area (Å²) in [4.78, 5) is 4.48. The maximum absolute atomic E-state index is 9.29. The number of benzene rings is 4. The van der Waals surface area contributed by atoms with Crippen molar-refractivity contribution in [2.45, 2.75) is 6.42 Å². The number of rotatable bonds is 6. The third-order valence-electron chi connectivity index (χ3n) is 7.07. The van der Waals surface area contributed by atoms with Gasteiger partial charge in [0.2, 0.25) is 0 Å². The predicted octanol–water partition coefficient (Wildman–Crippen LogP) is 8.79. The van der Waals surface area contributed by atoms with E-state index in [1.54, 1.807) is 29.7 Å². The molecule has 0 aliphatic rings. The van der Waals surface area contributed by atoms with Gasteiger partial charge in [-0.2, -0.15) is 10.5 Å². The van der Waals surface area contributed by atoms with Crippen LogP contribution in [-0.4, -0.2) is 4.98 Å². The van der Waals surface area contributed by atoms with Crippen LogP contribution in [0.15, 0.2) is 127 Å². The van der Waals surface area contributed by atoms with E-state index < -0.39 is 0 Å². The molecule has 4 aromatic carbocycles. The first-order valence-electron chi connectivity index (χ1n) is 13.2. The summed E-state index contributed by atoms with van der Waals surface area (Å²) < 4.78 is 2.50. The number of hydrogen-bond donors (Lipinski definition) is 1. The molecule has 0 saturated carbocycles. The van der Waals surface area contributed by atoms with Crippen LogP contribution in [0.25, 0.3) is 53.7 Å². The van der Waals surface area contributed by atoms with Crippen molar-refractivity contribution in [1.29, 1.82) is 10.5 Å². The molecule has 0 aliphatic carbocycles. The number of allylic oxidation sites excluding steroid dienone is 3. The first kappa shape index (κ1) is 25.8. The smallest absolute Gasteiger partial charge is 0.0992 e. The highest BCUT2D eigenvalue weighted by Crippen LogP contribution is 2.39. The van der Waals surface area contributed by atoms with Crippen LogP contribution >= 0.6 is 11.3 Å². The first-order chi connectivity index (χ1) is 20.1. The third kappa shape index (κ3) is 5.36. The van der Waals surface area contributed by atoms with E-state index >= 15 is 0 Å². The summed E-state index contributed by atoms with van der Waals surface area (Å²) in [7, 11) is 0. The van der Waals surface area contributed by atoms with Crippen molar-refractivity contribution in [3.63, 3.8) is 0 Å². The van der Waals surface area contributed by atoms with Crippen LogP contribution in [0.2, 0.25) is 0 Å². The second kappa shape index (κ2) is 11.3. The SMILES string of the molecule is N#CC(/C=C\N)=C/Cc1cccc(-c2ccc3sc4ccc(-c5cccc(-c6cc(C#N)ccn6)c5)cc4c3c2)c1. The summed E-state index contributed by atoms with van der Waals surface area (Å²) in [5.41, 5.74) is 14.0. The molecule has 6 aromatic rings. The van der Waals surface area contributed by atoms with Crippen LogP contribution in [0.4, 0.5) is 0 Å². The molecule has 194 valence electrons. The van der Waals surface area contributed by atoms with E-state index in [0.29, 0.717) is 17.6 Å². The maximum Gasteiger partial charge on any atom is 0.0992 e. The lowest BCUT2D eigenvalue weighted by atomic mass is 9.97. The summed E-state index contributed by atoms with van der Waals surface area (Å²) in [6, 6.07) is 37.9. The van der Waals surface area contributed by atoms with Crippen LogP contribution < -0.4 is 5.73 Å². The monoisotopic (exact) mass is 544 g/mol. The molecule has 2 N–H and O–H groups in total. The Kier molecular flexibility index (Phi) is 7.11. The standard InChI is InChI=1S/C36H24N4S/c37-15-13-25(22-38)8-7-24-3-1-4-27(17-24)29-9-11-35-32(20-29)33-21-30(10-12-36(33)41-35)28-5-2-6-31(19-28)34-18-26(23-39)14-16-40-34/h1-6,8-21H,7,37H2/b15-13-,25-8+. The molecule has 0 atom stereocenters. The van der Waals surface area contributed by atoms with Gasteiger partial charge < -0.3 is 5.73 Å². The highest BCUT2D eigenvalue weighted by atomic mass is 32.1. The minimum Gasteiger partial charge on any atom is -0.405 e. The van der Waals surface area contributed by atoms with Crippen molar-refractivity contribution in [2.24, 2.45) is 5.73 Å². The fraction of sp³-hybridized carbons (Fsp3) is 0.0278. The van der Waals surface area contributed by atoms with Crippen molar-refractivity contribution in [1.82, 2.24) is 4.98 Å². The minimum absolute atomic E-state index is 0.553. The molecule has 0 aliphatic heterocycles. The Hall–Kier alpha value is -5.49. The van der Waals surface area contributed by atoms with Crippen molar-refractivity contribution >= 4 is 31.5 Å². The van der Waals surface area contributed by atoms with E-state index in [1.807, 2.05) is 24.3 Å². The molecule has 0 spiro atoms. The molecule has 0 unspecified atom stereocenters. The Morgan fingerprint density at radius 2 is 1.41 bits per heavy atom. The summed E-state index contributed by atoms with van der Waals surface area (Å²) in [6.07, 6.45) is 7.23. The zero-order valence-electron chi connectivity index (χ0n) is 22.1. The largest absolute Gasteiger partial charge is 0.405 e. The second-order valence-corrected chi connectivity index (χ2v) is 10.8. The van der Waals surface area contributed by atoms with Gasteiger partial charge in [-0.25, -0.2) is 0 Å². The van der Waals surface area contributed by atoms with Crippen molar-refractivity contribution in [2.75, 3.05) is 0 Å². The number of nitrogens with two attached hydrogens (primary N) is 1. The van der Waals surface area contributed by atoms with Gasteiger partial charge >= 0.3 is 0 Å². The lowest BCUT2D eigenvalue weighted by Crippen LogP contribution is -1.86. The summed E-state index contributed by atoms with van der Waals surface area (Å²) >= 11 is 1.80. The fourth-order valence-electron chi connectivity index (χ4n) is 5.01. The van der Waals surface area contributed by atoms with Gasteiger partial charge in [-0.05, 0) is 89.0 Å². The van der Waals surface area contributed by atoms with Gasteiger partial charge in [0.1, 0.15) is 0 Å². The van der Waals surface area contributed by atoms with Gasteiger partial charge in [-0.3, -0.25) is 4.98 Å². The normalized spacial score (nSPS) is 11.6. The van der Waals surface area contributed by atoms with Gasteiger partial charge in [0.05, 0.1) is 23.4 Å². The molecule has 2 aromatic heterocycles. The molecule has 6 rings (SSSR count). The number of fused-ring (bicyclic) bond motifs is 3. The fourth-order valence-corrected chi connectivity index (χ4v) is 6.08. The molecule has 2 heterocycles. The van der Waals surface area contributed by atoms with E-state index in [0.717, 1.165) is 39.1 Å². The number of hydrogen-bond acceptors (Lipinski definition) is 5. The Bertz CT molecular complexity index is 2070. The van der Waals surface area contributed by atoms with Gasteiger partial charge in [0, 0.05) is 37.5 Å². The van der Waals surface area contributed by atoms with Crippen molar-refractivity contribution in [3.05, 3.63) is 138 Å². The highest BCUT2D eigenvalue weighted by molar-refractivity contribution is 7.25. The molecule has 41 heavy (non-hydrogen) atoms. The summed E-state index contributed by atoms with van der Waals surface area (Å²) in [5.74, 6) is 0. The number of thiophene rings is 1. The summed E-state index contributed by atoms with van der Waals surface area (Å²) in [6.45, 7) is 0. The lowest BCUT2D eigenvalue weighted by Gasteiger charge is -2.07. The molecule has 0 bridgehead atoms. The van der Waals surface area contributed by atoms with Gasteiger partial charge in [-0.1, -0.05) is 60.7 Å². The number of aromatic nitrogens is 1. The number of nitrogens with zero attached hydrogens (tertiary/aromatic N) is 3. The summed E-state index contributed by atoms with van der Waals surface area (Å²) in [5, 5.41) is 21.0. The predicted molar refractivity (Wildman–Crippen MR) is 169 cm³/mol. The first-order valence-corrected chi connectivity index (χ1v) is 14.0. The van der Waals surface area contributed by atoms with E-state index in [-0.39, 0.29) is 0 Å². The molecular formula is C36H24N4S. The molecule has 0 radical (unpaired) electrons. The lowest BCUT2D eigenvalue weighted by molar-refractivity contribution is 1.25. The van der Waals surface area contributed by atoms with Gasteiger partial charge in [0.15, 0.2) is 0 Å². The van der Waals surface area contributed by atoms with Gasteiger partial charge in [0.25, 0.3) is 0 Å². The van der Waals surface area contributed by atoms with Crippen LogP contribution in [-0.2, 0) is 6.42 Å².